The highest BCUT2D eigenvalue weighted by Gasteiger charge is 2.24. The Labute approximate surface area is 95.5 Å². The van der Waals surface area contributed by atoms with Crippen LogP contribution in [0.5, 0.6) is 0 Å². The molecule has 0 heterocycles. The number of hydrogen-bond donors (Lipinski definition) is 0. The van der Waals surface area contributed by atoms with Crippen LogP contribution >= 0.6 is 0 Å². The van der Waals surface area contributed by atoms with Gasteiger partial charge < -0.3 is 4.90 Å². The lowest BCUT2D eigenvalue weighted by molar-refractivity contribution is 0.149. The Morgan fingerprint density at radius 3 is 2.40 bits per heavy atom. The summed E-state index contributed by atoms with van der Waals surface area (Å²) in [6, 6.07) is 1.45. The van der Waals surface area contributed by atoms with E-state index in [1.807, 2.05) is 0 Å². The molecule has 0 amide bonds. The number of nitrogens with zero attached hydrogens (tertiary/aromatic N) is 1. The topological polar surface area (TPSA) is 3.24 Å². The van der Waals surface area contributed by atoms with Crippen molar-refractivity contribution in [3.8, 4) is 0 Å². The largest absolute Gasteiger partial charge is 0.370 e. The highest BCUT2D eigenvalue weighted by Crippen LogP contribution is 2.27. The molecule has 1 aliphatic rings. The van der Waals surface area contributed by atoms with Crippen LogP contribution in [0.1, 0.15) is 65.7 Å². The maximum absolute atomic E-state index is 4.16. The summed E-state index contributed by atoms with van der Waals surface area (Å²) >= 11 is 0. The van der Waals surface area contributed by atoms with Crippen LogP contribution in [0.4, 0.5) is 0 Å². The van der Waals surface area contributed by atoms with Gasteiger partial charge >= 0.3 is 0 Å². The van der Waals surface area contributed by atoms with E-state index in [4.69, 9.17) is 0 Å². The average molecular weight is 209 g/mol. The first-order valence-electron chi connectivity index (χ1n) is 6.60. The Balaban J connectivity index is 2.58. The maximum atomic E-state index is 4.16. The smallest absolute Gasteiger partial charge is 0.0289 e. The first-order chi connectivity index (χ1) is 7.16. The van der Waals surface area contributed by atoms with Gasteiger partial charge in [-0.25, -0.2) is 0 Å². The molecule has 0 spiro atoms. The van der Waals surface area contributed by atoms with Crippen molar-refractivity contribution in [2.24, 2.45) is 0 Å². The molecule has 0 bridgehead atoms. The molecule has 0 saturated heterocycles. The Kier molecular flexibility index (Phi) is 5.21. The standard InChI is InChI=1S/C14H27N/c1-5-9-13(4)15(12(2)3)14-10-7-6-8-11-14/h13-14H,2,5-11H2,1,3-4H3. The highest BCUT2D eigenvalue weighted by atomic mass is 15.2. The molecule has 0 aliphatic heterocycles. The molecule has 1 aliphatic carbocycles. The zero-order valence-corrected chi connectivity index (χ0v) is 10.8. The Morgan fingerprint density at radius 2 is 1.93 bits per heavy atom. The molecule has 15 heavy (non-hydrogen) atoms. The van der Waals surface area contributed by atoms with Crippen LogP contribution in [0.15, 0.2) is 12.3 Å². The molecule has 1 rings (SSSR count). The minimum absolute atomic E-state index is 0.676. The van der Waals surface area contributed by atoms with E-state index in [9.17, 15) is 0 Å². The number of hydrogen-bond acceptors (Lipinski definition) is 1. The lowest BCUT2D eigenvalue weighted by Gasteiger charge is -2.40. The first-order valence-corrected chi connectivity index (χ1v) is 6.60. The van der Waals surface area contributed by atoms with Gasteiger partial charge in [-0.3, -0.25) is 0 Å². The van der Waals surface area contributed by atoms with Gasteiger partial charge in [0.1, 0.15) is 0 Å². The van der Waals surface area contributed by atoms with Crippen molar-refractivity contribution in [2.75, 3.05) is 0 Å². The first kappa shape index (κ1) is 12.6. The molecule has 1 saturated carbocycles. The molecule has 1 nitrogen and oxygen atoms in total. The van der Waals surface area contributed by atoms with Crippen LogP contribution in [0, 0.1) is 0 Å². The van der Waals surface area contributed by atoms with Gasteiger partial charge in [-0.05, 0) is 33.1 Å². The average Bonchev–Trinajstić information content (AvgIpc) is 2.19. The second-order valence-electron chi connectivity index (χ2n) is 5.07. The van der Waals surface area contributed by atoms with Crippen LogP contribution in [0.2, 0.25) is 0 Å². The number of allylic oxidation sites excluding steroid dienone is 1. The fourth-order valence-corrected chi connectivity index (χ4v) is 2.96. The molecular weight excluding hydrogens is 182 g/mol. The van der Waals surface area contributed by atoms with Crippen LogP contribution in [0.3, 0.4) is 0 Å². The summed E-state index contributed by atoms with van der Waals surface area (Å²) in [5.41, 5.74) is 1.27. The molecule has 1 heteroatoms. The summed E-state index contributed by atoms with van der Waals surface area (Å²) in [5.74, 6) is 0. The predicted molar refractivity (Wildman–Crippen MR) is 67.9 cm³/mol. The second-order valence-corrected chi connectivity index (χ2v) is 5.07. The third kappa shape index (κ3) is 3.55. The number of rotatable bonds is 5. The molecule has 0 aromatic carbocycles. The molecule has 1 fully saturated rings. The van der Waals surface area contributed by atoms with Gasteiger partial charge in [-0.2, -0.15) is 0 Å². The highest BCUT2D eigenvalue weighted by molar-refractivity contribution is 4.96. The van der Waals surface area contributed by atoms with Crippen LogP contribution in [-0.2, 0) is 0 Å². The Morgan fingerprint density at radius 1 is 1.33 bits per heavy atom. The van der Waals surface area contributed by atoms with Crippen molar-refractivity contribution in [2.45, 2.75) is 77.8 Å². The van der Waals surface area contributed by atoms with E-state index in [-0.39, 0.29) is 0 Å². The summed E-state index contributed by atoms with van der Waals surface area (Å²) in [5, 5.41) is 0. The van der Waals surface area contributed by atoms with Crippen molar-refractivity contribution < 1.29 is 0 Å². The van der Waals surface area contributed by atoms with Gasteiger partial charge in [0.05, 0.1) is 0 Å². The quantitative estimate of drug-likeness (QED) is 0.651. The van der Waals surface area contributed by atoms with E-state index < -0.39 is 0 Å². The zero-order valence-electron chi connectivity index (χ0n) is 10.8. The van der Waals surface area contributed by atoms with E-state index in [0.29, 0.717) is 6.04 Å². The van der Waals surface area contributed by atoms with Crippen molar-refractivity contribution in [3.63, 3.8) is 0 Å². The Bertz CT molecular complexity index is 192. The van der Waals surface area contributed by atoms with Gasteiger partial charge in [0.15, 0.2) is 0 Å². The van der Waals surface area contributed by atoms with Gasteiger partial charge in [-0.1, -0.05) is 39.2 Å². The molecule has 0 aromatic rings. The van der Waals surface area contributed by atoms with E-state index in [1.165, 1.54) is 50.6 Å². The summed E-state index contributed by atoms with van der Waals surface area (Å²) < 4.78 is 0. The monoisotopic (exact) mass is 209 g/mol. The lowest BCUT2D eigenvalue weighted by Crippen LogP contribution is -2.41. The summed E-state index contributed by atoms with van der Waals surface area (Å²) in [4.78, 5) is 2.59. The molecule has 1 atom stereocenters. The van der Waals surface area contributed by atoms with E-state index in [1.54, 1.807) is 0 Å². The fraction of sp³-hybridized carbons (Fsp3) is 0.857. The minimum atomic E-state index is 0.676. The van der Waals surface area contributed by atoms with Crippen molar-refractivity contribution >= 4 is 0 Å². The van der Waals surface area contributed by atoms with E-state index in [2.05, 4.69) is 32.3 Å². The molecule has 0 radical (unpaired) electrons. The zero-order chi connectivity index (χ0) is 11.3. The van der Waals surface area contributed by atoms with Crippen LogP contribution < -0.4 is 0 Å². The maximum Gasteiger partial charge on any atom is 0.0289 e. The third-order valence-electron chi connectivity index (χ3n) is 3.59. The van der Waals surface area contributed by atoms with E-state index >= 15 is 0 Å². The van der Waals surface area contributed by atoms with E-state index in [0.717, 1.165) is 6.04 Å². The van der Waals surface area contributed by atoms with Gasteiger partial charge in [0.2, 0.25) is 0 Å². The summed E-state index contributed by atoms with van der Waals surface area (Å²) in [6.45, 7) is 11.0. The predicted octanol–water partition coefficient (Wildman–Crippen LogP) is 4.34. The molecule has 0 N–H and O–H groups in total. The van der Waals surface area contributed by atoms with Crippen molar-refractivity contribution in [1.82, 2.24) is 4.90 Å². The van der Waals surface area contributed by atoms with Gasteiger partial charge in [-0.15, -0.1) is 0 Å². The summed E-state index contributed by atoms with van der Waals surface area (Å²) in [6.07, 6.45) is 9.58. The van der Waals surface area contributed by atoms with Crippen LogP contribution in [-0.4, -0.2) is 17.0 Å². The fourth-order valence-electron chi connectivity index (χ4n) is 2.96. The SMILES string of the molecule is C=C(C)N(C(C)CCC)C1CCCCC1. The van der Waals surface area contributed by atoms with Gasteiger partial charge in [0, 0.05) is 17.8 Å². The third-order valence-corrected chi connectivity index (χ3v) is 3.59. The molecule has 1 unspecified atom stereocenters. The van der Waals surface area contributed by atoms with Gasteiger partial charge in [0.25, 0.3) is 0 Å². The Hall–Kier alpha value is -0.460. The summed E-state index contributed by atoms with van der Waals surface area (Å²) in [7, 11) is 0. The van der Waals surface area contributed by atoms with Crippen molar-refractivity contribution in [3.05, 3.63) is 12.3 Å². The normalized spacial score (nSPS) is 19.9. The second kappa shape index (κ2) is 6.19. The van der Waals surface area contributed by atoms with Crippen molar-refractivity contribution in [1.29, 1.82) is 0 Å². The molecular formula is C14H27N. The minimum Gasteiger partial charge on any atom is -0.370 e. The molecule has 0 aromatic heterocycles. The van der Waals surface area contributed by atoms with Crippen LogP contribution in [0.25, 0.3) is 0 Å². The lowest BCUT2D eigenvalue weighted by atomic mass is 9.92. The molecule has 88 valence electrons.